The van der Waals surface area contributed by atoms with E-state index in [9.17, 15) is 9.59 Å². The van der Waals surface area contributed by atoms with Crippen LogP contribution in [0.4, 0.5) is 0 Å². The SMILES string of the molecule is COC(=O)C1CCCN(C(=O)COc2cc(C)cc(C)c2)C1. The summed E-state index contributed by atoms with van der Waals surface area (Å²) in [6.45, 7) is 5.07. The van der Waals surface area contributed by atoms with Gasteiger partial charge in [-0.1, -0.05) is 6.07 Å². The molecule has 0 spiro atoms. The molecular weight excluding hydrogens is 282 g/mol. The molecule has 120 valence electrons. The zero-order valence-electron chi connectivity index (χ0n) is 13.4. The maximum absolute atomic E-state index is 12.2. The summed E-state index contributed by atoms with van der Waals surface area (Å²) in [5, 5.41) is 0. The van der Waals surface area contributed by atoms with Gasteiger partial charge in [-0.05, 0) is 49.9 Å². The smallest absolute Gasteiger partial charge is 0.310 e. The number of aryl methyl sites for hydroxylation is 2. The minimum Gasteiger partial charge on any atom is -0.484 e. The van der Waals surface area contributed by atoms with Gasteiger partial charge in [0.25, 0.3) is 5.91 Å². The van der Waals surface area contributed by atoms with Gasteiger partial charge >= 0.3 is 5.97 Å². The highest BCUT2D eigenvalue weighted by molar-refractivity contribution is 5.79. The molecule has 0 N–H and O–H groups in total. The molecular formula is C17H23NO4. The van der Waals surface area contributed by atoms with Crippen molar-refractivity contribution >= 4 is 11.9 Å². The maximum atomic E-state index is 12.2. The van der Waals surface area contributed by atoms with E-state index >= 15 is 0 Å². The van der Waals surface area contributed by atoms with Crippen LogP contribution >= 0.6 is 0 Å². The lowest BCUT2D eigenvalue weighted by molar-refractivity contribution is -0.149. The highest BCUT2D eigenvalue weighted by atomic mass is 16.5. The van der Waals surface area contributed by atoms with Crippen LogP contribution in [0.25, 0.3) is 0 Å². The molecule has 1 atom stereocenters. The van der Waals surface area contributed by atoms with E-state index in [-0.39, 0.29) is 24.4 Å². The van der Waals surface area contributed by atoms with Crippen LogP contribution < -0.4 is 4.74 Å². The number of esters is 1. The Morgan fingerprint density at radius 3 is 2.55 bits per heavy atom. The van der Waals surface area contributed by atoms with Crippen molar-refractivity contribution in [2.24, 2.45) is 5.92 Å². The van der Waals surface area contributed by atoms with Gasteiger partial charge in [-0.25, -0.2) is 0 Å². The fraction of sp³-hybridized carbons (Fsp3) is 0.529. The number of rotatable bonds is 4. The number of benzene rings is 1. The molecule has 1 heterocycles. The normalized spacial score (nSPS) is 18.0. The van der Waals surface area contributed by atoms with Gasteiger partial charge in [-0.15, -0.1) is 0 Å². The molecule has 1 saturated heterocycles. The van der Waals surface area contributed by atoms with Gasteiger partial charge in [-0.2, -0.15) is 0 Å². The van der Waals surface area contributed by atoms with Gasteiger partial charge in [0.05, 0.1) is 13.0 Å². The van der Waals surface area contributed by atoms with Crippen LogP contribution in [0, 0.1) is 19.8 Å². The molecule has 1 aliphatic rings. The minimum atomic E-state index is -0.243. The van der Waals surface area contributed by atoms with E-state index in [2.05, 4.69) is 6.07 Å². The second-order valence-electron chi connectivity index (χ2n) is 5.81. The first-order chi connectivity index (χ1) is 10.5. The third kappa shape index (κ3) is 4.23. The Hall–Kier alpha value is -2.04. The predicted molar refractivity (Wildman–Crippen MR) is 82.7 cm³/mol. The van der Waals surface area contributed by atoms with Crippen LogP contribution in [0.15, 0.2) is 18.2 Å². The van der Waals surface area contributed by atoms with Crippen molar-refractivity contribution in [3.63, 3.8) is 0 Å². The molecule has 0 bridgehead atoms. The molecule has 5 nitrogen and oxygen atoms in total. The van der Waals surface area contributed by atoms with E-state index in [1.807, 2.05) is 26.0 Å². The summed E-state index contributed by atoms with van der Waals surface area (Å²) in [4.78, 5) is 25.5. The Kier molecular flexibility index (Phi) is 5.41. The Morgan fingerprint density at radius 2 is 1.91 bits per heavy atom. The Morgan fingerprint density at radius 1 is 1.23 bits per heavy atom. The summed E-state index contributed by atoms with van der Waals surface area (Å²) >= 11 is 0. The summed E-state index contributed by atoms with van der Waals surface area (Å²) in [6.07, 6.45) is 1.59. The number of ether oxygens (including phenoxy) is 2. The van der Waals surface area contributed by atoms with Crippen LogP contribution in [-0.4, -0.2) is 43.6 Å². The Labute approximate surface area is 131 Å². The summed E-state index contributed by atoms with van der Waals surface area (Å²) < 4.78 is 10.4. The first-order valence-corrected chi connectivity index (χ1v) is 7.56. The van der Waals surface area contributed by atoms with E-state index in [1.54, 1.807) is 4.90 Å². The topological polar surface area (TPSA) is 55.8 Å². The zero-order valence-corrected chi connectivity index (χ0v) is 13.4. The summed E-state index contributed by atoms with van der Waals surface area (Å²) in [5.74, 6) is 0.150. The number of piperidine rings is 1. The summed E-state index contributed by atoms with van der Waals surface area (Å²) in [5.41, 5.74) is 2.21. The number of methoxy groups -OCH3 is 1. The minimum absolute atomic E-state index is 0.00319. The highest BCUT2D eigenvalue weighted by Gasteiger charge is 2.29. The van der Waals surface area contributed by atoms with Crippen molar-refractivity contribution in [3.05, 3.63) is 29.3 Å². The molecule has 0 radical (unpaired) electrons. The molecule has 22 heavy (non-hydrogen) atoms. The number of carbonyl (C=O) groups excluding carboxylic acids is 2. The van der Waals surface area contributed by atoms with Crippen molar-refractivity contribution in [3.8, 4) is 5.75 Å². The van der Waals surface area contributed by atoms with Gasteiger partial charge in [0, 0.05) is 13.1 Å². The second kappa shape index (κ2) is 7.29. The summed E-state index contributed by atoms with van der Waals surface area (Å²) in [6, 6.07) is 5.88. The van der Waals surface area contributed by atoms with Crippen LogP contribution in [0.5, 0.6) is 5.75 Å². The zero-order chi connectivity index (χ0) is 16.1. The standard InChI is InChI=1S/C17H23NO4/c1-12-7-13(2)9-15(8-12)22-11-16(19)18-6-4-5-14(10-18)17(20)21-3/h7-9,14H,4-6,10-11H2,1-3H3. The van der Waals surface area contributed by atoms with E-state index in [0.717, 1.165) is 24.0 Å². The molecule has 5 heteroatoms. The van der Waals surface area contributed by atoms with Gasteiger partial charge in [0.15, 0.2) is 6.61 Å². The van der Waals surface area contributed by atoms with Gasteiger partial charge in [0.1, 0.15) is 5.75 Å². The lowest BCUT2D eigenvalue weighted by Crippen LogP contribution is -2.44. The fourth-order valence-corrected chi connectivity index (χ4v) is 2.82. The van der Waals surface area contributed by atoms with Gasteiger partial charge in [-0.3, -0.25) is 9.59 Å². The molecule has 1 aliphatic heterocycles. The van der Waals surface area contributed by atoms with E-state index in [4.69, 9.17) is 9.47 Å². The van der Waals surface area contributed by atoms with E-state index in [1.165, 1.54) is 7.11 Å². The van der Waals surface area contributed by atoms with Crippen molar-refractivity contribution in [1.82, 2.24) is 4.90 Å². The monoisotopic (exact) mass is 305 g/mol. The quantitative estimate of drug-likeness (QED) is 0.799. The van der Waals surface area contributed by atoms with Crippen LogP contribution in [-0.2, 0) is 14.3 Å². The van der Waals surface area contributed by atoms with Gasteiger partial charge in [0.2, 0.25) is 0 Å². The molecule has 1 amide bonds. The van der Waals surface area contributed by atoms with Gasteiger partial charge < -0.3 is 14.4 Å². The number of likely N-dealkylation sites (tertiary alicyclic amines) is 1. The first-order valence-electron chi connectivity index (χ1n) is 7.56. The molecule has 0 saturated carbocycles. The van der Waals surface area contributed by atoms with Crippen molar-refractivity contribution in [2.75, 3.05) is 26.8 Å². The lowest BCUT2D eigenvalue weighted by Gasteiger charge is -2.31. The van der Waals surface area contributed by atoms with Crippen molar-refractivity contribution in [1.29, 1.82) is 0 Å². The molecule has 1 aromatic rings. The predicted octanol–water partition coefficient (Wildman–Crippen LogP) is 2.09. The molecule has 1 fully saturated rings. The molecule has 0 aromatic heterocycles. The third-order valence-electron chi connectivity index (χ3n) is 3.87. The summed E-state index contributed by atoms with van der Waals surface area (Å²) in [7, 11) is 1.38. The fourth-order valence-electron chi connectivity index (χ4n) is 2.82. The lowest BCUT2D eigenvalue weighted by atomic mass is 9.98. The molecule has 1 unspecified atom stereocenters. The molecule has 1 aromatic carbocycles. The Bertz CT molecular complexity index is 535. The van der Waals surface area contributed by atoms with Crippen LogP contribution in [0.1, 0.15) is 24.0 Å². The van der Waals surface area contributed by atoms with E-state index < -0.39 is 0 Å². The van der Waals surface area contributed by atoms with Crippen LogP contribution in [0.3, 0.4) is 0 Å². The third-order valence-corrected chi connectivity index (χ3v) is 3.87. The molecule has 2 rings (SSSR count). The number of hydrogen-bond donors (Lipinski definition) is 0. The average Bonchev–Trinajstić information content (AvgIpc) is 2.51. The number of carbonyl (C=O) groups is 2. The highest BCUT2D eigenvalue weighted by Crippen LogP contribution is 2.19. The van der Waals surface area contributed by atoms with E-state index in [0.29, 0.717) is 18.8 Å². The molecule has 0 aliphatic carbocycles. The van der Waals surface area contributed by atoms with Crippen LogP contribution in [0.2, 0.25) is 0 Å². The van der Waals surface area contributed by atoms with Crippen molar-refractivity contribution < 1.29 is 19.1 Å². The van der Waals surface area contributed by atoms with Crippen molar-refractivity contribution in [2.45, 2.75) is 26.7 Å². The average molecular weight is 305 g/mol. The number of nitrogens with zero attached hydrogens (tertiary/aromatic N) is 1. The number of hydrogen-bond acceptors (Lipinski definition) is 4. The second-order valence-corrected chi connectivity index (χ2v) is 5.81. The first kappa shape index (κ1) is 16.3. The maximum Gasteiger partial charge on any atom is 0.310 e. The number of amides is 1. The Balaban J connectivity index is 1.90. The largest absolute Gasteiger partial charge is 0.484 e.